The van der Waals surface area contributed by atoms with Crippen molar-refractivity contribution >= 4 is 12.2 Å². The largest absolute Gasteiger partial charge is 0.493 e. The molecule has 0 saturated heterocycles. The Kier molecular flexibility index (Phi) is 6.49. The molecule has 1 N–H and O–H groups in total. The van der Waals surface area contributed by atoms with Crippen molar-refractivity contribution < 1.29 is 14.6 Å². The number of allylic oxidation sites excluding steroid dienone is 2. The number of hydrogen-bond acceptors (Lipinski definition) is 3. The Morgan fingerprint density at radius 3 is 2.57 bits per heavy atom. The number of fused-ring (bicyclic) bond motifs is 1. The number of rotatable bonds is 7. The number of ether oxygens (including phenoxy) is 1. The number of hydrogen-bond donors (Lipinski definition) is 1. The molecule has 0 radical (unpaired) electrons. The lowest BCUT2D eigenvalue weighted by Gasteiger charge is -2.22. The summed E-state index contributed by atoms with van der Waals surface area (Å²) in [4.78, 5) is 15.8. The number of imidazole rings is 1. The van der Waals surface area contributed by atoms with Crippen molar-refractivity contribution in [1.82, 2.24) is 9.55 Å². The van der Waals surface area contributed by atoms with Crippen LogP contribution in [-0.2, 0) is 11.2 Å². The van der Waals surface area contributed by atoms with E-state index >= 15 is 0 Å². The van der Waals surface area contributed by atoms with E-state index in [1.54, 1.807) is 0 Å². The van der Waals surface area contributed by atoms with Crippen molar-refractivity contribution in [2.75, 3.05) is 6.61 Å². The Balaban J connectivity index is 2.22. The van der Waals surface area contributed by atoms with Gasteiger partial charge in [-0.1, -0.05) is 33.8 Å². The van der Waals surface area contributed by atoms with Crippen LogP contribution in [0.15, 0.2) is 35.6 Å². The van der Waals surface area contributed by atoms with Gasteiger partial charge in [-0.15, -0.1) is 0 Å². The molecule has 160 valence electrons. The summed E-state index contributed by atoms with van der Waals surface area (Å²) in [6.07, 6.45) is 6.78. The van der Waals surface area contributed by atoms with Crippen molar-refractivity contribution in [3.05, 3.63) is 52.5 Å². The molecule has 0 saturated carbocycles. The molecule has 0 aliphatic carbocycles. The number of carbonyl (C=O) groups is 1. The smallest absolute Gasteiger partial charge is 0.328 e. The standard InChI is InChI=1S/C25H32N2O3/c1-7-30-25-20(16(4)5)11-19(15(2)3)12-21(25)22-13-26-23-9-8-18(14-27(22)23)17(6)10-24(28)29/h10-16H,7-9H2,1-6H3,(H,28,29)/b17-10+. The van der Waals surface area contributed by atoms with Gasteiger partial charge in [0.05, 0.1) is 18.5 Å². The molecule has 3 rings (SSSR count). The van der Waals surface area contributed by atoms with E-state index in [0.29, 0.717) is 18.4 Å². The van der Waals surface area contributed by atoms with Gasteiger partial charge >= 0.3 is 5.97 Å². The van der Waals surface area contributed by atoms with Crippen LogP contribution in [0.4, 0.5) is 0 Å². The van der Waals surface area contributed by atoms with E-state index in [1.807, 2.05) is 26.2 Å². The number of carboxylic acids is 1. The van der Waals surface area contributed by atoms with Gasteiger partial charge in [0.2, 0.25) is 0 Å². The molecule has 30 heavy (non-hydrogen) atoms. The molecule has 0 fully saturated rings. The number of aryl methyl sites for hydroxylation is 1. The lowest BCUT2D eigenvalue weighted by molar-refractivity contribution is -0.131. The fourth-order valence-electron chi connectivity index (χ4n) is 3.90. The quantitative estimate of drug-likeness (QED) is 0.570. The van der Waals surface area contributed by atoms with E-state index in [1.165, 1.54) is 17.2 Å². The van der Waals surface area contributed by atoms with E-state index in [4.69, 9.17) is 9.84 Å². The second kappa shape index (κ2) is 8.90. The van der Waals surface area contributed by atoms with Gasteiger partial charge in [0.1, 0.15) is 11.6 Å². The number of aromatic nitrogens is 2. The third-order valence-electron chi connectivity index (χ3n) is 5.62. The van der Waals surface area contributed by atoms with E-state index in [0.717, 1.165) is 46.8 Å². The fraction of sp³-hybridized carbons (Fsp3) is 0.440. The highest BCUT2D eigenvalue weighted by Gasteiger charge is 2.23. The molecular formula is C25H32N2O3. The molecule has 0 spiro atoms. The molecule has 2 aromatic rings. The van der Waals surface area contributed by atoms with Crippen molar-refractivity contribution in [1.29, 1.82) is 0 Å². The normalized spacial score (nSPS) is 14.1. The van der Waals surface area contributed by atoms with Gasteiger partial charge < -0.3 is 14.4 Å². The molecule has 5 heteroatoms. The second-order valence-corrected chi connectivity index (χ2v) is 8.48. The highest BCUT2D eigenvalue weighted by atomic mass is 16.5. The third-order valence-corrected chi connectivity index (χ3v) is 5.62. The summed E-state index contributed by atoms with van der Waals surface area (Å²) >= 11 is 0. The van der Waals surface area contributed by atoms with Crippen LogP contribution in [0.5, 0.6) is 5.75 Å². The van der Waals surface area contributed by atoms with Gasteiger partial charge in [0.15, 0.2) is 0 Å². The number of nitrogens with zero attached hydrogens (tertiary/aromatic N) is 2. The van der Waals surface area contributed by atoms with E-state index < -0.39 is 5.97 Å². The van der Waals surface area contributed by atoms with Crippen LogP contribution < -0.4 is 4.74 Å². The van der Waals surface area contributed by atoms with Crippen LogP contribution in [-0.4, -0.2) is 27.2 Å². The zero-order chi connectivity index (χ0) is 22.0. The topological polar surface area (TPSA) is 64.4 Å². The SMILES string of the molecule is CCOc1c(-c2cnc3n2C=C(/C(C)=C/C(=O)O)CC3)cc(C(C)C)cc1C(C)C. The summed E-state index contributed by atoms with van der Waals surface area (Å²) < 4.78 is 8.26. The van der Waals surface area contributed by atoms with Crippen LogP contribution in [0, 0.1) is 0 Å². The first kappa shape index (κ1) is 21.9. The molecular weight excluding hydrogens is 376 g/mol. The summed E-state index contributed by atoms with van der Waals surface area (Å²) in [7, 11) is 0. The highest BCUT2D eigenvalue weighted by Crippen LogP contribution is 2.41. The van der Waals surface area contributed by atoms with Crippen molar-refractivity contribution in [3.8, 4) is 17.0 Å². The second-order valence-electron chi connectivity index (χ2n) is 8.48. The van der Waals surface area contributed by atoms with Crippen molar-refractivity contribution in [3.63, 3.8) is 0 Å². The van der Waals surface area contributed by atoms with E-state index in [-0.39, 0.29) is 0 Å². The monoisotopic (exact) mass is 408 g/mol. The van der Waals surface area contributed by atoms with Crippen LogP contribution in [0.25, 0.3) is 17.5 Å². The Bertz CT molecular complexity index is 1010. The highest BCUT2D eigenvalue weighted by molar-refractivity contribution is 5.82. The summed E-state index contributed by atoms with van der Waals surface area (Å²) in [6, 6.07) is 4.48. The van der Waals surface area contributed by atoms with Crippen LogP contribution in [0.3, 0.4) is 0 Å². The minimum Gasteiger partial charge on any atom is -0.493 e. The molecule has 1 aromatic carbocycles. The molecule has 5 nitrogen and oxygen atoms in total. The first-order valence-electron chi connectivity index (χ1n) is 10.7. The maximum Gasteiger partial charge on any atom is 0.328 e. The van der Waals surface area contributed by atoms with Crippen LogP contribution in [0.1, 0.15) is 76.8 Å². The predicted molar refractivity (Wildman–Crippen MR) is 121 cm³/mol. The van der Waals surface area contributed by atoms with Gasteiger partial charge in [-0.05, 0) is 60.4 Å². The van der Waals surface area contributed by atoms with Gasteiger partial charge in [-0.2, -0.15) is 0 Å². The molecule has 1 aromatic heterocycles. The zero-order valence-electron chi connectivity index (χ0n) is 18.8. The van der Waals surface area contributed by atoms with Crippen LogP contribution >= 0.6 is 0 Å². The third kappa shape index (κ3) is 4.35. The Labute approximate surface area is 179 Å². The Hall–Kier alpha value is -2.82. The van der Waals surface area contributed by atoms with Gasteiger partial charge in [0, 0.05) is 24.3 Å². The number of carboxylic acid groups (broad SMARTS) is 1. The van der Waals surface area contributed by atoms with Gasteiger partial charge in [-0.25, -0.2) is 9.78 Å². The number of aliphatic carboxylic acids is 1. The summed E-state index contributed by atoms with van der Waals surface area (Å²) in [5, 5.41) is 9.12. The van der Waals surface area contributed by atoms with E-state index in [9.17, 15) is 4.79 Å². The summed E-state index contributed by atoms with van der Waals surface area (Å²) in [5.41, 5.74) is 6.30. The van der Waals surface area contributed by atoms with Crippen molar-refractivity contribution in [2.45, 2.75) is 66.2 Å². The molecule has 1 aliphatic rings. The predicted octanol–water partition coefficient (Wildman–Crippen LogP) is 6.01. The summed E-state index contributed by atoms with van der Waals surface area (Å²) in [5.74, 6) is 1.71. The maximum absolute atomic E-state index is 11.1. The Morgan fingerprint density at radius 2 is 1.97 bits per heavy atom. The molecule has 2 heterocycles. The van der Waals surface area contributed by atoms with Gasteiger partial charge in [-0.3, -0.25) is 0 Å². The van der Waals surface area contributed by atoms with Gasteiger partial charge in [0.25, 0.3) is 0 Å². The summed E-state index contributed by atoms with van der Waals surface area (Å²) in [6.45, 7) is 13.2. The lowest BCUT2D eigenvalue weighted by atomic mass is 9.91. The maximum atomic E-state index is 11.1. The van der Waals surface area contributed by atoms with E-state index in [2.05, 4.69) is 49.4 Å². The fourth-order valence-corrected chi connectivity index (χ4v) is 3.90. The number of benzene rings is 1. The first-order valence-corrected chi connectivity index (χ1v) is 10.7. The lowest BCUT2D eigenvalue weighted by Crippen LogP contribution is -2.09. The molecule has 0 unspecified atom stereocenters. The average Bonchev–Trinajstić information content (AvgIpc) is 3.10. The molecule has 0 amide bonds. The van der Waals surface area contributed by atoms with Crippen molar-refractivity contribution in [2.24, 2.45) is 0 Å². The minimum atomic E-state index is -0.921. The molecule has 1 aliphatic heterocycles. The Morgan fingerprint density at radius 1 is 1.23 bits per heavy atom. The molecule has 0 atom stereocenters. The molecule has 0 bridgehead atoms. The zero-order valence-corrected chi connectivity index (χ0v) is 18.8. The van der Waals surface area contributed by atoms with Crippen LogP contribution in [0.2, 0.25) is 0 Å². The first-order chi connectivity index (χ1) is 14.2. The average molecular weight is 409 g/mol. The minimum absolute atomic E-state index is 0.333.